The summed E-state index contributed by atoms with van der Waals surface area (Å²) in [5, 5.41) is 5.44. The molecule has 1 saturated heterocycles. The molecule has 5 nitrogen and oxygen atoms in total. The number of alkyl halides is 3. The van der Waals surface area contributed by atoms with Gasteiger partial charge >= 0.3 is 6.18 Å². The van der Waals surface area contributed by atoms with Crippen LogP contribution in [0.4, 0.5) is 13.2 Å². The van der Waals surface area contributed by atoms with E-state index in [9.17, 15) is 18.0 Å². The van der Waals surface area contributed by atoms with Gasteiger partial charge in [0.25, 0.3) is 0 Å². The van der Waals surface area contributed by atoms with Crippen molar-refractivity contribution in [3.8, 4) is 10.6 Å². The Morgan fingerprint density at radius 2 is 1.83 bits per heavy atom. The average molecular weight is 424 g/mol. The third-order valence-electron chi connectivity index (χ3n) is 4.67. The molecule has 0 aliphatic carbocycles. The summed E-state index contributed by atoms with van der Waals surface area (Å²) in [7, 11) is 0. The van der Waals surface area contributed by atoms with E-state index >= 15 is 0 Å². The zero-order valence-corrected chi connectivity index (χ0v) is 16.7. The van der Waals surface area contributed by atoms with Crippen LogP contribution < -0.4 is 5.32 Å². The molecule has 29 heavy (non-hydrogen) atoms. The number of hydrogen-bond donors (Lipinski definition) is 1. The van der Waals surface area contributed by atoms with Gasteiger partial charge in [0, 0.05) is 50.2 Å². The van der Waals surface area contributed by atoms with Crippen molar-refractivity contribution in [3.05, 3.63) is 53.6 Å². The first-order chi connectivity index (χ1) is 13.8. The lowest BCUT2D eigenvalue weighted by molar-refractivity contribution is -0.137. The third kappa shape index (κ3) is 6.12. The van der Waals surface area contributed by atoms with Gasteiger partial charge in [-0.3, -0.25) is 14.6 Å². The molecule has 1 amide bonds. The van der Waals surface area contributed by atoms with Gasteiger partial charge in [0.15, 0.2) is 0 Å². The second-order valence-corrected chi connectivity index (χ2v) is 7.72. The molecule has 9 heteroatoms. The lowest BCUT2D eigenvalue weighted by Crippen LogP contribution is -2.49. The number of thiazole rings is 1. The number of rotatable bonds is 7. The highest BCUT2D eigenvalue weighted by Gasteiger charge is 2.30. The van der Waals surface area contributed by atoms with Crippen LogP contribution in [0, 0.1) is 0 Å². The van der Waals surface area contributed by atoms with E-state index < -0.39 is 11.7 Å². The van der Waals surface area contributed by atoms with Crippen LogP contribution in [0.15, 0.2) is 42.3 Å². The van der Waals surface area contributed by atoms with Gasteiger partial charge in [-0.2, -0.15) is 13.2 Å². The second-order valence-electron chi connectivity index (χ2n) is 6.86. The van der Waals surface area contributed by atoms with E-state index in [1.807, 2.05) is 5.38 Å². The number of benzene rings is 1. The van der Waals surface area contributed by atoms with E-state index in [4.69, 9.17) is 0 Å². The first kappa shape index (κ1) is 21.5. The molecule has 1 aliphatic heterocycles. The highest BCUT2D eigenvalue weighted by molar-refractivity contribution is 7.13. The minimum atomic E-state index is -4.33. The summed E-state index contributed by atoms with van der Waals surface area (Å²) in [6.45, 7) is 8.40. The molecule has 1 aromatic heterocycles. The van der Waals surface area contributed by atoms with Crippen molar-refractivity contribution < 1.29 is 18.0 Å². The molecule has 1 aromatic carbocycles. The maximum absolute atomic E-state index is 12.7. The smallest absolute Gasteiger partial charge is 0.352 e. The Hall–Kier alpha value is -2.23. The van der Waals surface area contributed by atoms with Crippen LogP contribution in [0.2, 0.25) is 0 Å². The summed E-state index contributed by atoms with van der Waals surface area (Å²) >= 11 is 1.43. The van der Waals surface area contributed by atoms with E-state index in [0.29, 0.717) is 30.2 Å². The van der Waals surface area contributed by atoms with Crippen molar-refractivity contribution in [2.75, 3.05) is 39.3 Å². The summed E-state index contributed by atoms with van der Waals surface area (Å²) in [6.07, 6.45) is -2.68. The molecule has 0 saturated carbocycles. The Labute approximate surface area is 171 Å². The number of carbonyl (C=O) groups excluding carboxylic acids is 1. The molecule has 1 aliphatic rings. The van der Waals surface area contributed by atoms with Crippen molar-refractivity contribution in [2.24, 2.45) is 0 Å². The number of piperazine rings is 1. The highest BCUT2D eigenvalue weighted by Crippen LogP contribution is 2.31. The first-order valence-corrected chi connectivity index (χ1v) is 10.2. The predicted molar refractivity (Wildman–Crippen MR) is 107 cm³/mol. The topological polar surface area (TPSA) is 48.5 Å². The van der Waals surface area contributed by atoms with Crippen LogP contribution in [0.1, 0.15) is 11.3 Å². The summed E-state index contributed by atoms with van der Waals surface area (Å²) in [6, 6.07) is 5.09. The van der Waals surface area contributed by atoms with Gasteiger partial charge in [-0.05, 0) is 12.1 Å². The van der Waals surface area contributed by atoms with Crippen LogP contribution in [0.5, 0.6) is 0 Å². The summed E-state index contributed by atoms with van der Waals surface area (Å²) in [4.78, 5) is 20.7. The highest BCUT2D eigenvalue weighted by atomic mass is 32.1. The SMILES string of the molecule is C=CCNC(=O)CN1CCN(Cc2csc(-c3ccc(C(F)(F)F)cc3)n2)CC1. The van der Waals surface area contributed by atoms with Gasteiger partial charge in [-0.15, -0.1) is 17.9 Å². The molecular weight excluding hydrogens is 401 g/mol. The van der Waals surface area contributed by atoms with Crippen molar-refractivity contribution in [2.45, 2.75) is 12.7 Å². The zero-order chi connectivity index (χ0) is 20.9. The number of halogens is 3. The number of nitrogens with one attached hydrogen (secondary N) is 1. The van der Waals surface area contributed by atoms with E-state index in [1.54, 1.807) is 6.08 Å². The molecule has 1 N–H and O–H groups in total. The normalized spacial score (nSPS) is 16.0. The Bertz CT molecular complexity index is 827. The maximum Gasteiger partial charge on any atom is 0.416 e. The quantitative estimate of drug-likeness (QED) is 0.694. The minimum absolute atomic E-state index is 0.000894. The number of aromatic nitrogens is 1. The Morgan fingerprint density at radius 1 is 1.17 bits per heavy atom. The molecule has 0 unspecified atom stereocenters. The average Bonchev–Trinajstić information content (AvgIpc) is 3.16. The lowest BCUT2D eigenvalue weighted by atomic mass is 10.1. The first-order valence-electron chi connectivity index (χ1n) is 9.29. The van der Waals surface area contributed by atoms with E-state index in [1.165, 1.54) is 23.5 Å². The molecule has 2 heterocycles. The van der Waals surface area contributed by atoms with Gasteiger partial charge in [0.05, 0.1) is 17.8 Å². The molecule has 1 fully saturated rings. The van der Waals surface area contributed by atoms with E-state index in [0.717, 1.165) is 44.0 Å². The van der Waals surface area contributed by atoms with Crippen molar-refractivity contribution in [1.29, 1.82) is 0 Å². The zero-order valence-electron chi connectivity index (χ0n) is 15.9. The van der Waals surface area contributed by atoms with Gasteiger partial charge in [0.1, 0.15) is 5.01 Å². The third-order valence-corrected chi connectivity index (χ3v) is 5.61. The molecule has 0 atom stereocenters. The number of amides is 1. The van der Waals surface area contributed by atoms with Crippen LogP contribution >= 0.6 is 11.3 Å². The van der Waals surface area contributed by atoms with Gasteiger partial charge in [-0.25, -0.2) is 4.98 Å². The Kier molecular flexibility index (Phi) is 7.05. The fourth-order valence-corrected chi connectivity index (χ4v) is 3.91. The second kappa shape index (κ2) is 9.51. The van der Waals surface area contributed by atoms with Gasteiger partial charge < -0.3 is 5.32 Å². The fraction of sp³-hybridized carbons (Fsp3) is 0.400. The van der Waals surface area contributed by atoms with E-state index in [2.05, 4.69) is 26.7 Å². The lowest BCUT2D eigenvalue weighted by Gasteiger charge is -2.33. The molecule has 156 valence electrons. The molecule has 0 spiro atoms. The number of carbonyl (C=O) groups is 1. The van der Waals surface area contributed by atoms with Crippen molar-refractivity contribution in [3.63, 3.8) is 0 Å². The number of hydrogen-bond acceptors (Lipinski definition) is 5. The molecule has 3 rings (SSSR count). The predicted octanol–water partition coefficient (Wildman–Crippen LogP) is 3.25. The fourth-order valence-electron chi connectivity index (χ4n) is 3.09. The minimum Gasteiger partial charge on any atom is -0.352 e. The van der Waals surface area contributed by atoms with Gasteiger partial charge in [-0.1, -0.05) is 18.2 Å². The monoisotopic (exact) mass is 424 g/mol. The van der Waals surface area contributed by atoms with Crippen LogP contribution in [0.3, 0.4) is 0 Å². The molecule has 0 bridgehead atoms. The maximum atomic E-state index is 12.7. The number of nitrogens with zero attached hydrogens (tertiary/aromatic N) is 3. The van der Waals surface area contributed by atoms with E-state index in [-0.39, 0.29) is 5.91 Å². The Morgan fingerprint density at radius 3 is 2.45 bits per heavy atom. The summed E-state index contributed by atoms with van der Waals surface area (Å²) in [5.41, 5.74) is 0.931. The molecular formula is C20H23F3N4OS. The standard InChI is InChI=1S/C20H23F3N4OS/c1-2-7-24-18(28)13-27-10-8-26(9-11-27)12-17-14-29-19(25-17)15-3-5-16(6-4-15)20(21,22)23/h2-6,14H,1,7-13H2,(H,24,28). The van der Waals surface area contributed by atoms with Crippen molar-refractivity contribution in [1.82, 2.24) is 20.1 Å². The largest absolute Gasteiger partial charge is 0.416 e. The van der Waals surface area contributed by atoms with Crippen LogP contribution in [-0.2, 0) is 17.5 Å². The van der Waals surface area contributed by atoms with Crippen molar-refractivity contribution >= 4 is 17.2 Å². The van der Waals surface area contributed by atoms with Crippen LogP contribution in [-0.4, -0.2) is 60.0 Å². The molecule has 0 radical (unpaired) electrons. The van der Waals surface area contributed by atoms with Crippen LogP contribution in [0.25, 0.3) is 10.6 Å². The summed E-state index contributed by atoms with van der Waals surface area (Å²) < 4.78 is 38.1. The Balaban J connectivity index is 1.50. The summed E-state index contributed by atoms with van der Waals surface area (Å²) in [5.74, 6) is -0.000894. The van der Waals surface area contributed by atoms with Gasteiger partial charge in [0.2, 0.25) is 5.91 Å². The molecule has 2 aromatic rings.